The van der Waals surface area contributed by atoms with E-state index in [0.29, 0.717) is 23.0 Å². The molecule has 0 saturated carbocycles. The summed E-state index contributed by atoms with van der Waals surface area (Å²) in [6.07, 6.45) is 1.03. The van der Waals surface area contributed by atoms with Crippen molar-refractivity contribution in [2.24, 2.45) is 5.92 Å². The maximum absolute atomic E-state index is 12.5. The molecule has 0 N–H and O–H groups in total. The SMILES string of the molecule is CCN(CC1CCOC1)C(=O)c1ccc(Cl)cc1Br. The van der Waals surface area contributed by atoms with Crippen molar-refractivity contribution in [2.75, 3.05) is 26.3 Å². The smallest absolute Gasteiger partial charge is 0.255 e. The molecule has 1 aliphatic heterocycles. The van der Waals surface area contributed by atoms with Crippen molar-refractivity contribution in [1.29, 1.82) is 0 Å². The highest BCUT2D eigenvalue weighted by Gasteiger charge is 2.23. The molecule has 1 heterocycles. The van der Waals surface area contributed by atoms with Gasteiger partial charge in [0, 0.05) is 35.1 Å². The summed E-state index contributed by atoms with van der Waals surface area (Å²) in [4.78, 5) is 14.4. The highest BCUT2D eigenvalue weighted by molar-refractivity contribution is 9.10. The van der Waals surface area contributed by atoms with Crippen LogP contribution < -0.4 is 0 Å². The number of benzene rings is 1. The number of hydrogen-bond acceptors (Lipinski definition) is 2. The van der Waals surface area contributed by atoms with Crippen LogP contribution in [0.25, 0.3) is 0 Å². The second-order valence-corrected chi connectivity index (χ2v) is 5.99. The van der Waals surface area contributed by atoms with Gasteiger partial charge in [-0.15, -0.1) is 0 Å². The maximum atomic E-state index is 12.5. The van der Waals surface area contributed by atoms with Gasteiger partial charge in [0.15, 0.2) is 0 Å². The van der Waals surface area contributed by atoms with E-state index < -0.39 is 0 Å². The summed E-state index contributed by atoms with van der Waals surface area (Å²) in [5.41, 5.74) is 0.658. The van der Waals surface area contributed by atoms with E-state index in [1.54, 1.807) is 18.2 Å². The molecule has 0 bridgehead atoms. The van der Waals surface area contributed by atoms with Crippen molar-refractivity contribution in [3.63, 3.8) is 0 Å². The Bertz CT molecular complexity index is 461. The molecule has 0 spiro atoms. The lowest BCUT2D eigenvalue weighted by atomic mass is 10.1. The first kappa shape index (κ1) is 14.8. The second kappa shape index (κ2) is 6.73. The molecule has 1 saturated heterocycles. The van der Waals surface area contributed by atoms with Crippen LogP contribution in [0.4, 0.5) is 0 Å². The summed E-state index contributed by atoms with van der Waals surface area (Å²) in [6.45, 7) is 5.01. The summed E-state index contributed by atoms with van der Waals surface area (Å²) in [5.74, 6) is 0.493. The van der Waals surface area contributed by atoms with Gasteiger partial charge in [-0.2, -0.15) is 0 Å². The van der Waals surface area contributed by atoms with Crippen LogP contribution >= 0.6 is 27.5 Å². The molecular weight excluding hydrogens is 330 g/mol. The molecule has 1 aromatic carbocycles. The summed E-state index contributed by atoms with van der Waals surface area (Å²) in [7, 11) is 0. The number of halogens is 2. The number of amides is 1. The van der Waals surface area contributed by atoms with Crippen LogP contribution in [0.5, 0.6) is 0 Å². The molecule has 0 aromatic heterocycles. The Labute approximate surface area is 127 Å². The predicted octanol–water partition coefficient (Wildman–Crippen LogP) is 3.60. The third-order valence-electron chi connectivity index (χ3n) is 3.33. The quantitative estimate of drug-likeness (QED) is 0.833. The summed E-state index contributed by atoms with van der Waals surface area (Å²) in [5, 5.41) is 0.621. The van der Waals surface area contributed by atoms with E-state index in [-0.39, 0.29) is 5.91 Å². The van der Waals surface area contributed by atoms with E-state index >= 15 is 0 Å². The number of nitrogens with zero attached hydrogens (tertiary/aromatic N) is 1. The molecule has 3 nitrogen and oxygen atoms in total. The van der Waals surface area contributed by atoms with E-state index in [4.69, 9.17) is 16.3 Å². The standard InChI is InChI=1S/C14H17BrClNO2/c1-2-17(8-10-5-6-19-9-10)14(18)12-4-3-11(16)7-13(12)15/h3-4,7,10H,2,5-6,8-9H2,1H3. The van der Waals surface area contributed by atoms with E-state index in [1.807, 2.05) is 11.8 Å². The fourth-order valence-corrected chi connectivity index (χ4v) is 3.08. The Morgan fingerprint density at radius 1 is 1.58 bits per heavy atom. The molecule has 1 fully saturated rings. The van der Waals surface area contributed by atoms with Gasteiger partial charge in [-0.05, 0) is 47.5 Å². The Morgan fingerprint density at radius 2 is 2.37 bits per heavy atom. The highest BCUT2D eigenvalue weighted by Crippen LogP contribution is 2.24. The average Bonchev–Trinajstić information content (AvgIpc) is 2.88. The van der Waals surface area contributed by atoms with Gasteiger partial charge in [-0.25, -0.2) is 0 Å². The molecule has 0 aliphatic carbocycles. The summed E-state index contributed by atoms with van der Waals surface area (Å²) >= 11 is 9.30. The van der Waals surface area contributed by atoms with Crippen molar-refractivity contribution in [1.82, 2.24) is 4.90 Å². The van der Waals surface area contributed by atoms with Crippen LogP contribution in [0.1, 0.15) is 23.7 Å². The van der Waals surface area contributed by atoms with Gasteiger partial charge >= 0.3 is 0 Å². The Kier molecular flexibility index (Phi) is 5.25. The van der Waals surface area contributed by atoms with Gasteiger partial charge in [-0.3, -0.25) is 4.79 Å². The zero-order valence-corrected chi connectivity index (χ0v) is 13.2. The molecule has 2 rings (SSSR count). The summed E-state index contributed by atoms with van der Waals surface area (Å²) in [6, 6.07) is 5.26. The Morgan fingerprint density at radius 3 is 2.95 bits per heavy atom. The van der Waals surface area contributed by atoms with E-state index in [9.17, 15) is 4.79 Å². The molecule has 1 amide bonds. The lowest BCUT2D eigenvalue weighted by Gasteiger charge is -2.24. The lowest BCUT2D eigenvalue weighted by Crippen LogP contribution is -2.35. The Hall–Kier alpha value is -0.580. The minimum Gasteiger partial charge on any atom is -0.381 e. The molecule has 19 heavy (non-hydrogen) atoms. The van der Waals surface area contributed by atoms with Crippen molar-refractivity contribution in [3.8, 4) is 0 Å². The van der Waals surface area contributed by atoms with Crippen molar-refractivity contribution in [3.05, 3.63) is 33.3 Å². The van der Waals surface area contributed by atoms with Crippen molar-refractivity contribution < 1.29 is 9.53 Å². The highest BCUT2D eigenvalue weighted by atomic mass is 79.9. The number of hydrogen-bond donors (Lipinski definition) is 0. The van der Waals surface area contributed by atoms with Crippen molar-refractivity contribution in [2.45, 2.75) is 13.3 Å². The second-order valence-electron chi connectivity index (χ2n) is 4.70. The number of carbonyl (C=O) groups excluding carboxylic acids is 1. The van der Waals surface area contributed by atoms with Gasteiger partial charge in [0.25, 0.3) is 5.91 Å². The van der Waals surface area contributed by atoms with Gasteiger partial charge in [0.05, 0.1) is 12.2 Å². The first-order chi connectivity index (χ1) is 9.11. The van der Waals surface area contributed by atoms with Crippen LogP contribution in [-0.4, -0.2) is 37.1 Å². The molecule has 1 aliphatic rings. The predicted molar refractivity (Wildman–Crippen MR) is 79.7 cm³/mol. The monoisotopic (exact) mass is 345 g/mol. The number of carbonyl (C=O) groups is 1. The van der Waals surface area contributed by atoms with Crippen LogP contribution in [0.15, 0.2) is 22.7 Å². The zero-order chi connectivity index (χ0) is 13.8. The summed E-state index contributed by atoms with van der Waals surface area (Å²) < 4.78 is 6.10. The zero-order valence-electron chi connectivity index (χ0n) is 10.9. The molecular formula is C14H17BrClNO2. The van der Waals surface area contributed by atoms with Crippen LogP contribution in [0.3, 0.4) is 0 Å². The molecule has 1 aromatic rings. The van der Waals surface area contributed by atoms with E-state index in [0.717, 1.165) is 30.7 Å². The normalized spacial score (nSPS) is 18.6. The molecule has 0 radical (unpaired) electrons. The Balaban J connectivity index is 2.10. The fourth-order valence-electron chi connectivity index (χ4n) is 2.23. The van der Waals surface area contributed by atoms with Gasteiger partial charge < -0.3 is 9.64 Å². The number of ether oxygens (including phenoxy) is 1. The third-order valence-corrected chi connectivity index (χ3v) is 4.22. The van der Waals surface area contributed by atoms with Gasteiger partial charge in [0.2, 0.25) is 0 Å². The number of rotatable bonds is 4. The first-order valence-corrected chi connectivity index (χ1v) is 7.61. The topological polar surface area (TPSA) is 29.5 Å². The maximum Gasteiger partial charge on any atom is 0.255 e. The van der Waals surface area contributed by atoms with Gasteiger partial charge in [0.1, 0.15) is 0 Å². The largest absolute Gasteiger partial charge is 0.381 e. The molecule has 1 unspecified atom stereocenters. The van der Waals surface area contributed by atoms with Crippen LogP contribution in [0.2, 0.25) is 5.02 Å². The average molecular weight is 347 g/mol. The van der Waals surface area contributed by atoms with E-state index in [1.165, 1.54) is 0 Å². The lowest BCUT2D eigenvalue weighted by molar-refractivity contribution is 0.0730. The van der Waals surface area contributed by atoms with E-state index in [2.05, 4.69) is 15.9 Å². The fraction of sp³-hybridized carbons (Fsp3) is 0.500. The van der Waals surface area contributed by atoms with Crippen LogP contribution in [0, 0.1) is 5.92 Å². The minimum atomic E-state index is 0.0398. The third kappa shape index (κ3) is 3.71. The minimum absolute atomic E-state index is 0.0398. The van der Waals surface area contributed by atoms with Crippen molar-refractivity contribution >= 4 is 33.4 Å². The molecule has 1 atom stereocenters. The van der Waals surface area contributed by atoms with Crippen LogP contribution in [-0.2, 0) is 4.74 Å². The first-order valence-electron chi connectivity index (χ1n) is 6.44. The molecule has 5 heteroatoms. The molecule has 104 valence electrons. The van der Waals surface area contributed by atoms with Gasteiger partial charge in [-0.1, -0.05) is 11.6 Å².